The third-order valence-corrected chi connectivity index (χ3v) is 3.37. The van der Waals surface area contributed by atoms with Gasteiger partial charge in [0.25, 0.3) is 0 Å². The molecule has 0 fully saturated rings. The number of halogens is 1. The summed E-state index contributed by atoms with van der Waals surface area (Å²) in [6.45, 7) is -0.0585. The zero-order chi connectivity index (χ0) is 15.9. The van der Waals surface area contributed by atoms with Crippen LogP contribution in [-0.4, -0.2) is 20.1 Å². The Hall–Kier alpha value is -2.71. The van der Waals surface area contributed by atoms with E-state index >= 15 is 0 Å². The highest BCUT2D eigenvalue weighted by Gasteiger charge is 2.13. The zero-order valence-corrected chi connectivity index (χ0v) is 12.6. The SMILES string of the molecule is CNc1cc(-c2c(Cl)cccc2OCC#N)ccc1NC=O. The van der Waals surface area contributed by atoms with E-state index in [1.807, 2.05) is 18.2 Å². The summed E-state index contributed by atoms with van der Waals surface area (Å²) >= 11 is 6.28. The summed E-state index contributed by atoms with van der Waals surface area (Å²) in [4.78, 5) is 10.6. The molecule has 0 aliphatic heterocycles. The van der Waals surface area contributed by atoms with E-state index < -0.39 is 0 Å². The number of benzene rings is 2. The standard InChI is InChI=1S/C16H14ClN3O2/c1-19-14-9-11(5-6-13(14)20-10-21)16-12(17)3-2-4-15(16)22-8-7-18/h2-6,9-10,19H,8H2,1H3,(H,20,21). The number of anilines is 2. The number of rotatable bonds is 6. The first-order valence-corrected chi connectivity index (χ1v) is 6.89. The second-order valence-corrected chi connectivity index (χ2v) is 4.74. The molecule has 2 rings (SSSR count). The first kappa shape index (κ1) is 15.7. The molecule has 0 bridgehead atoms. The number of nitriles is 1. The fraction of sp³-hybridized carbons (Fsp3) is 0.125. The summed E-state index contributed by atoms with van der Waals surface area (Å²) in [6, 6.07) is 12.7. The third kappa shape index (κ3) is 3.30. The number of hydrogen-bond donors (Lipinski definition) is 2. The number of ether oxygens (including phenoxy) is 1. The fourth-order valence-electron chi connectivity index (χ4n) is 2.11. The molecule has 0 unspecified atom stereocenters. The molecular weight excluding hydrogens is 302 g/mol. The molecule has 2 aromatic carbocycles. The number of carbonyl (C=O) groups excluding carboxylic acids is 1. The van der Waals surface area contributed by atoms with Gasteiger partial charge in [-0.3, -0.25) is 4.79 Å². The van der Waals surface area contributed by atoms with E-state index in [2.05, 4.69) is 10.6 Å². The lowest BCUT2D eigenvalue weighted by Crippen LogP contribution is -2.00. The molecule has 0 atom stereocenters. The van der Waals surface area contributed by atoms with E-state index in [9.17, 15) is 4.79 Å². The lowest BCUT2D eigenvalue weighted by Gasteiger charge is -2.14. The van der Waals surface area contributed by atoms with Crippen molar-refractivity contribution >= 4 is 29.4 Å². The van der Waals surface area contributed by atoms with Crippen LogP contribution in [0.25, 0.3) is 11.1 Å². The van der Waals surface area contributed by atoms with E-state index in [1.54, 1.807) is 31.3 Å². The zero-order valence-electron chi connectivity index (χ0n) is 11.9. The fourth-order valence-corrected chi connectivity index (χ4v) is 2.39. The predicted octanol–water partition coefficient (Wildman–Crippen LogP) is 3.52. The van der Waals surface area contributed by atoms with Crippen LogP contribution in [0.2, 0.25) is 5.02 Å². The minimum Gasteiger partial charge on any atom is -0.478 e. The Bertz CT molecular complexity index is 726. The van der Waals surface area contributed by atoms with Crippen molar-refractivity contribution in [3.05, 3.63) is 41.4 Å². The summed E-state index contributed by atoms with van der Waals surface area (Å²) in [7, 11) is 1.76. The molecule has 0 heterocycles. The van der Waals surface area contributed by atoms with E-state index in [0.717, 1.165) is 11.3 Å². The van der Waals surface area contributed by atoms with Crippen LogP contribution in [-0.2, 0) is 4.79 Å². The van der Waals surface area contributed by atoms with Gasteiger partial charge in [-0.05, 0) is 29.8 Å². The highest BCUT2D eigenvalue weighted by molar-refractivity contribution is 6.33. The molecule has 0 spiro atoms. The topological polar surface area (TPSA) is 74.2 Å². The maximum absolute atomic E-state index is 10.6. The Kier molecular flexibility index (Phi) is 5.23. The Labute approximate surface area is 133 Å². The van der Waals surface area contributed by atoms with Crippen molar-refractivity contribution in [1.82, 2.24) is 0 Å². The Balaban J connectivity index is 2.52. The van der Waals surface area contributed by atoms with Crippen molar-refractivity contribution in [3.8, 4) is 22.9 Å². The molecule has 0 aliphatic carbocycles. The van der Waals surface area contributed by atoms with Gasteiger partial charge in [0.05, 0.1) is 16.4 Å². The van der Waals surface area contributed by atoms with Crippen molar-refractivity contribution in [1.29, 1.82) is 5.26 Å². The van der Waals surface area contributed by atoms with Crippen LogP contribution in [0.4, 0.5) is 11.4 Å². The summed E-state index contributed by atoms with van der Waals surface area (Å²) in [5.74, 6) is 0.534. The van der Waals surface area contributed by atoms with Crippen LogP contribution >= 0.6 is 11.6 Å². The number of nitrogens with zero attached hydrogens (tertiary/aromatic N) is 1. The van der Waals surface area contributed by atoms with Gasteiger partial charge in [-0.2, -0.15) is 5.26 Å². The Morgan fingerprint density at radius 3 is 2.82 bits per heavy atom. The molecule has 0 radical (unpaired) electrons. The molecule has 0 aliphatic rings. The quantitative estimate of drug-likeness (QED) is 0.800. The molecule has 5 nitrogen and oxygen atoms in total. The average Bonchev–Trinajstić information content (AvgIpc) is 2.54. The minimum absolute atomic E-state index is 0.0585. The molecule has 2 N–H and O–H groups in total. The van der Waals surface area contributed by atoms with Crippen molar-refractivity contribution in [2.75, 3.05) is 24.3 Å². The van der Waals surface area contributed by atoms with Gasteiger partial charge in [-0.15, -0.1) is 0 Å². The van der Waals surface area contributed by atoms with Crippen LogP contribution in [0.15, 0.2) is 36.4 Å². The van der Waals surface area contributed by atoms with Crippen LogP contribution in [0.3, 0.4) is 0 Å². The molecule has 0 aromatic heterocycles. The molecule has 112 valence electrons. The van der Waals surface area contributed by atoms with E-state index in [-0.39, 0.29) is 6.61 Å². The van der Waals surface area contributed by atoms with E-state index in [1.165, 1.54) is 0 Å². The smallest absolute Gasteiger partial charge is 0.211 e. The van der Waals surface area contributed by atoms with Gasteiger partial charge in [0.15, 0.2) is 6.61 Å². The molecule has 1 amide bonds. The van der Waals surface area contributed by atoms with Gasteiger partial charge in [0, 0.05) is 12.6 Å². The first-order chi connectivity index (χ1) is 10.7. The minimum atomic E-state index is -0.0585. The van der Waals surface area contributed by atoms with Gasteiger partial charge >= 0.3 is 0 Å². The van der Waals surface area contributed by atoms with Crippen molar-refractivity contribution in [2.24, 2.45) is 0 Å². The van der Waals surface area contributed by atoms with Gasteiger partial charge in [-0.1, -0.05) is 23.7 Å². The predicted molar refractivity (Wildman–Crippen MR) is 87.2 cm³/mol. The lowest BCUT2D eigenvalue weighted by atomic mass is 10.0. The van der Waals surface area contributed by atoms with Crippen molar-refractivity contribution < 1.29 is 9.53 Å². The van der Waals surface area contributed by atoms with Crippen LogP contribution in [0, 0.1) is 11.3 Å². The largest absolute Gasteiger partial charge is 0.478 e. The monoisotopic (exact) mass is 315 g/mol. The summed E-state index contributed by atoms with van der Waals surface area (Å²) in [5, 5.41) is 14.8. The highest BCUT2D eigenvalue weighted by Crippen LogP contribution is 2.39. The van der Waals surface area contributed by atoms with E-state index in [4.69, 9.17) is 21.6 Å². The first-order valence-electron chi connectivity index (χ1n) is 6.52. The number of amides is 1. The molecule has 0 saturated heterocycles. The van der Waals surface area contributed by atoms with E-state index in [0.29, 0.717) is 28.4 Å². The number of carbonyl (C=O) groups is 1. The maximum atomic E-state index is 10.6. The summed E-state index contributed by atoms with van der Waals surface area (Å²) in [5.41, 5.74) is 2.93. The third-order valence-electron chi connectivity index (χ3n) is 3.06. The molecule has 2 aromatic rings. The maximum Gasteiger partial charge on any atom is 0.211 e. The van der Waals surface area contributed by atoms with Crippen LogP contribution in [0.1, 0.15) is 0 Å². The Morgan fingerprint density at radius 1 is 1.32 bits per heavy atom. The number of nitrogens with one attached hydrogen (secondary N) is 2. The van der Waals surface area contributed by atoms with Gasteiger partial charge in [0.1, 0.15) is 11.8 Å². The molecule has 22 heavy (non-hydrogen) atoms. The molecule has 0 saturated carbocycles. The van der Waals surface area contributed by atoms with Crippen molar-refractivity contribution in [3.63, 3.8) is 0 Å². The van der Waals surface area contributed by atoms with Gasteiger partial charge in [-0.25, -0.2) is 0 Å². The highest BCUT2D eigenvalue weighted by atomic mass is 35.5. The van der Waals surface area contributed by atoms with Crippen LogP contribution in [0.5, 0.6) is 5.75 Å². The second kappa shape index (κ2) is 7.34. The normalized spacial score (nSPS) is 9.68. The molecule has 6 heteroatoms. The summed E-state index contributed by atoms with van der Waals surface area (Å²) in [6.07, 6.45) is 0.618. The molecular formula is C16H14ClN3O2. The summed E-state index contributed by atoms with van der Waals surface area (Å²) < 4.78 is 5.44. The lowest BCUT2D eigenvalue weighted by molar-refractivity contribution is -0.105. The van der Waals surface area contributed by atoms with Crippen LogP contribution < -0.4 is 15.4 Å². The number of hydrogen-bond acceptors (Lipinski definition) is 4. The van der Waals surface area contributed by atoms with Gasteiger partial charge in [0.2, 0.25) is 6.41 Å². The van der Waals surface area contributed by atoms with Gasteiger partial charge < -0.3 is 15.4 Å². The average molecular weight is 316 g/mol. The Morgan fingerprint density at radius 2 is 2.14 bits per heavy atom. The second-order valence-electron chi connectivity index (χ2n) is 4.33. The van der Waals surface area contributed by atoms with Crippen molar-refractivity contribution in [2.45, 2.75) is 0 Å².